The fourth-order valence-electron chi connectivity index (χ4n) is 6.61. The predicted octanol–water partition coefficient (Wildman–Crippen LogP) is 6.42. The van der Waals surface area contributed by atoms with E-state index in [0.717, 1.165) is 44.9 Å². The molecule has 0 aliphatic carbocycles. The fourth-order valence-corrected chi connectivity index (χ4v) is 6.61. The zero-order chi connectivity index (χ0) is 32.2. The van der Waals surface area contributed by atoms with Gasteiger partial charge in [0.05, 0.1) is 42.7 Å². The van der Waals surface area contributed by atoms with E-state index in [4.69, 9.17) is 9.47 Å². The monoisotopic (exact) mass is 626 g/mol. The molecule has 0 spiro atoms. The Balaban J connectivity index is 1.44. The topological polar surface area (TPSA) is 137 Å². The first kappa shape index (κ1) is 39.1. The second kappa shape index (κ2) is 23.3. The highest BCUT2D eigenvalue weighted by atomic mass is 16.5. The van der Waals surface area contributed by atoms with Gasteiger partial charge in [-0.15, -0.1) is 0 Å². The largest absolute Gasteiger partial charge is 0.455 e. The molecule has 0 aromatic rings. The van der Waals surface area contributed by atoms with Crippen LogP contribution in [0.25, 0.3) is 0 Å². The van der Waals surface area contributed by atoms with Crippen LogP contribution in [-0.4, -0.2) is 80.3 Å². The van der Waals surface area contributed by atoms with Crippen LogP contribution in [0.15, 0.2) is 11.6 Å². The Morgan fingerprint density at radius 1 is 0.659 bits per heavy atom. The summed E-state index contributed by atoms with van der Waals surface area (Å²) < 4.78 is 11.1. The smallest absolute Gasteiger partial charge is 0.334 e. The van der Waals surface area contributed by atoms with Crippen LogP contribution in [0.3, 0.4) is 0 Å². The predicted molar refractivity (Wildman–Crippen MR) is 174 cm³/mol. The molecule has 258 valence electrons. The minimum Gasteiger partial charge on any atom is -0.455 e. The maximum atomic E-state index is 11.7. The second-order valence-corrected chi connectivity index (χ2v) is 13.7. The van der Waals surface area contributed by atoms with Gasteiger partial charge in [0, 0.05) is 18.4 Å². The zero-order valence-corrected chi connectivity index (χ0v) is 27.9. The van der Waals surface area contributed by atoms with Gasteiger partial charge in [0.15, 0.2) is 0 Å². The van der Waals surface area contributed by atoms with Crippen molar-refractivity contribution in [3.63, 3.8) is 0 Å². The van der Waals surface area contributed by atoms with Crippen molar-refractivity contribution in [2.75, 3.05) is 0 Å². The first-order valence-electron chi connectivity index (χ1n) is 18.2. The van der Waals surface area contributed by atoms with Crippen molar-refractivity contribution >= 4 is 5.97 Å². The van der Waals surface area contributed by atoms with E-state index in [1.807, 2.05) is 0 Å². The molecule has 0 aromatic heterocycles. The Labute approximate surface area is 267 Å². The Morgan fingerprint density at radius 3 is 1.75 bits per heavy atom. The fraction of sp³-hybridized carbons (Fsp3) is 0.917. The molecule has 8 unspecified atom stereocenters. The maximum absolute atomic E-state index is 11.7. The summed E-state index contributed by atoms with van der Waals surface area (Å²) in [5, 5.41) is 52.2. The molecule has 8 nitrogen and oxygen atoms in total. The highest BCUT2D eigenvalue weighted by Crippen LogP contribution is 2.29. The summed E-state index contributed by atoms with van der Waals surface area (Å²) in [6.07, 6.45) is 19.4. The van der Waals surface area contributed by atoms with E-state index in [2.05, 4.69) is 6.92 Å². The van der Waals surface area contributed by atoms with Gasteiger partial charge in [0.2, 0.25) is 0 Å². The second-order valence-electron chi connectivity index (χ2n) is 13.7. The SMILES string of the molecule is CCCCCCCCCCCCCC(O)C1CCC(C(O)CC(O)CCCCCC(O)CCC(O)CC2=CC(C)OC2=O)O1. The summed E-state index contributed by atoms with van der Waals surface area (Å²) in [5.41, 5.74) is 0.509. The number of hydrogen-bond donors (Lipinski definition) is 5. The van der Waals surface area contributed by atoms with Gasteiger partial charge in [-0.2, -0.15) is 0 Å². The zero-order valence-electron chi connectivity index (χ0n) is 27.9. The van der Waals surface area contributed by atoms with Crippen LogP contribution >= 0.6 is 0 Å². The van der Waals surface area contributed by atoms with Crippen LogP contribution in [-0.2, 0) is 14.3 Å². The third-order valence-corrected chi connectivity index (χ3v) is 9.41. The molecule has 2 rings (SSSR count). The van der Waals surface area contributed by atoms with Crippen LogP contribution in [0.4, 0.5) is 0 Å². The maximum Gasteiger partial charge on any atom is 0.334 e. The minimum absolute atomic E-state index is 0.220. The molecular weight excluding hydrogens is 560 g/mol. The van der Waals surface area contributed by atoms with Crippen molar-refractivity contribution in [2.24, 2.45) is 0 Å². The number of ether oxygens (including phenoxy) is 2. The highest BCUT2D eigenvalue weighted by molar-refractivity contribution is 5.90. The third-order valence-electron chi connectivity index (χ3n) is 9.41. The lowest BCUT2D eigenvalue weighted by atomic mass is 9.98. The average Bonchev–Trinajstić information content (AvgIpc) is 3.60. The molecule has 0 saturated carbocycles. The van der Waals surface area contributed by atoms with Crippen LogP contribution in [0, 0.1) is 0 Å². The van der Waals surface area contributed by atoms with E-state index in [0.29, 0.717) is 37.7 Å². The summed E-state index contributed by atoms with van der Waals surface area (Å²) in [5.74, 6) is -0.365. The summed E-state index contributed by atoms with van der Waals surface area (Å²) in [7, 11) is 0. The Hall–Kier alpha value is -1.03. The van der Waals surface area contributed by atoms with Crippen molar-refractivity contribution in [3.8, 4) is 0 Å². The number of hydrogen-bond acceptors (Lipinski definition) is 8. The summed E-state index contributed by atoms with van der Waals surface area (Å²) in [6.45, 7) is 4.04. The molecule has 0 radical (unpaired) electrons. The number of carbonyl (C=O) groups is 1. The molecule has 0 amide bonds. The molecule has 44 heavy (non-hydrogen) atoms. The summed E-state index contributed by atoms with van der Waals surface area (Å²) >= 11 is 0. The van der Waals surface area contributed by atoms with Crippen molar-refractivity contribution in [1.82, 2.24) is 0 Å². The van der Waals surface area contributed by atoms with Crippen LogP contribution in [0.5, 0.6) is 0 Å². The lowest BCUT2D eigenvalue weighted by Crippen LogP contribution is -2.33. The Bertz CT molecular complexity index is 773. The first-order chi connectivity index (χ1) is 21.2. The van der Waals surface area contributed by atoms with E-state index >= 15 is 0 Å². The van der Waals surface area contributed by atoms with E-state index in [9.17, 15) is 30.3 Å². The van der Waals surface area contributed by atoms with Crippen molar-refractivity contribution in [3.05, 3.63) is 11.6 Å². The van der Waals surface area contributed by atoms with Gasteiger partial charge >= 0.3 is 5.97 Å². The van der Waals surface area contributed by atoms with Crippen LogP contribution < -0.4 is 0 Å². The van der Waals surface area contributed by atoms with Crippen molar-refractivity contribution in [2.45, 2.75) is 210 Å². The Morgan fingerprint density at radius 2 is 1.16 bits per heavy atom. The number of cyclic esters (lactones) is 1. The Kier molecular flexibility index (Phi) is 20.7. The van der Waals surface area contributed by atoms with E-state index in [1.54, 1.807) is 13.0 Å². The highest BCUT2D eigenvalue weighted by Gasteiger charge is 2.35. The normalized spacial score (nSPS) is 23.8. The molecule has 2 aliphatic rings. The molecule has 1 saturated heterocycles. The number of esters is 1. The molecule has 1 fully saturated rings. The standard InChI is InChI=1S/C36H66O8/c1-3-4-5-6-7-8-9-10-11-12-16-19-32(40)34-22-23-35(44-34)33(41)26-30(38)18-15-13-14-17-29(37)20-21-31(39)25-28-24-27(2)43-36(28)42/h24,27,29-35,37-41H,3-23,25-26H2,1-2H3. The average molecular weight is 627 g/mol. The molecule has 8 heteroatoms. The quantitative estimate of drug-likeness (QED) is 0.0520. The van der Waals surface area contributed by atoms with Crippen molar-refractivity contribution < 1.29 is 39.8 Å². The van der Waals surface area contributed by atoms with Crippen LogP contribution in [0.1, 0.15) is 162 Å². The summed E-state index contributed by atoms with van der Waals surface area (Å²) in [6, 6.07) is 0. The molecule has 8 atom stereocenters. The molecule has 0 bridgehead atoms. The number of rotatable bonds is 27. The lowest BCUT2D eigenvalue weighted by molar-refractivity contribution is -0.139. The molecule has 0 aromatic carbocycles. The number of carbonyl (C=O) groups excluding carboxylic acids is 1. The molecule has 2 aliphatic heterocycles. The van der Waals surface area contributed by atoms with Gasteiger partial charge in [-0.1, -0.05) is 96.8 Å². The molecule has 2 heterocycles. The number of aliphatic hydroxyl groups excluding tert-OH is 5. The number of aliphatic hydroxyl groups is 5. The van der Waals surface area contributed by atoms with Gasteiger partial charge in [0.25, 0.3) is 0 Å². The molecule has 5 N–H and O–H groups in total. The van der Waals surface area contributed by atoms with Crippen molar-refractivity contribution in [1.29, 1.82) is 0 Å². The van der Waals surface area contributed by atoms with E-state index in [-0.39, 0.29) is 37.1 Å². The van der Waals surface area contributed by atoms with Gasteiger partial charge in [0.1, 0.15) is 6.10 Å². The number of unbranched alkanes of at least 4 members (excludes halogenated alkanes) is 12. The van der Waals surface area contributed by atoms with E-state index in [1.165, 1.54) is 57.8 Å². The summed E-state index contributed by atoms with van der Waals surface area (Å²) in [4.78, 5) is 11.7. The van der Waals surface area contributed by atoms with Crippen LogP contribution in [0.2, 0.25) is 0 Å². The first-order valence-corrected chi connectivity index (χ1v) is 18.2. The van der Waals surface area contributed by atoms with Gasteiger partial charge in [-0.3, -0.25) is 0 Å². The minimum atomic E-state index is -0.734. The van der Waals surface area contributed by atoms with Gasteiger partial charge in [-0.05, 0) is 57.9 Å². The van der Waals surface area contributed by atoms with E-state index < -0.39 is 30.5 Å². The third kappa shape index (κ3) is 17.0. The lowest BCUT2D eigenvalue weighted by Gasteiger charge is -2.23. The van der Waals surface area contributed by atoms with Gasteiger partial charge in [-0.25, -0.2) is 4.79 Å². The molecular formula is C36H66O8. The van der Waals surface area contributed by atoms with Gasteiger partial charge < -0.3 is 35.0 Å².